The molecule has 5 heteroatoms. The van der Waals surface area contributed by atoms with E-state index in [1.165, 1.54) is 12.8 Å². The first-order valence-electron chi connectivity index (χ1n) is 7.79. The molecule has 3 rings (SSSR count). The van der Waals surface area contributed by atoms with E-state index >= 15 is 0 Å². The second kappa shape index (κ2) is 6.03. The predicted octanol–water partition coefficient (Wildman–Crippen LogP) is 2.06. The van der Waals surface area contributed by atoms with Crippen molar-refractivity contribution >= 4 is 11.7 Å². The molecule has 2 aliphatic rings. The fourth-order valence-corrected chi connectivity index (χ4v) is 2.90. The van der Waals surface area contributed by atoms with Crippen LogP contribution in [0.4, 0.5) is 10.5 Å². The summed E-state index contributed by atoms with van der Waals surface area (Å²) in [7, 11) is 0. The van der Waals surface area contributed by atoms with E-state index in [9.17, 15) is 4.79 Å². The SMILES string of the molecule is CC(N)c1ccc(NC(=O)NC2CCN(C3CC3)C2)cc1. The van der Waals surface area contributed by atoms with E-state index in [2.05, 4.69) is 15.5 Å². The molecule has 1 aromatic rings. The summed E-state index contributed by atoms with van der Waals surface area (Å²) in [6, 6.07) is 8.63. The summed E-state index contributed by atoms with van der Waals surface area (Å²) in [6.45, 7) is 4.04. The molecule has 1 aliphatic carbocycles. The highest BCUT2D eigenvalue weighted by atomic mass is 16.2. The molecule has 2 atom stereocenters. The molecule has 1 heterocycles. The van der Waals surface area contributed by atoms with E-state index in [1.807, 2.05) is 31.2 Å². The molecule has 1 aromatic carbocycles. The van der Waals surface area contributed by atoms with Gasteiger partial charge in [-0.1, -0.05) is 12.1 Å². The van der Waals surface area contributed by atoms with Crippen molar-refractivity contribution in [1.82, 2.24) is 10.2 Å². The standard InChI is InChI=1S/C16H24N4O/c1-11(17)12-2-4-13(5-3-12)18-16(21)19-14-8-9-20(10-14)15-6-7-15/h2-5,11,14-15H,6-10,17H2,1H3,(H2,18,19,21). The fourth-order valence-electron chi connectivity index (χ4n) is 2.90. The topological polar surface area (TPSA) is 70.4 Å². The van der Waals surface area contributed by atoms with E-state index < -0.39 is 0 Å². The molecular weight excluding hydrogens is 264 g/mol. The summed E-state index contributed by atoms with van der Waals surface area (Å²) in [5, 5.41) is 5.95. The average Bonchev–Trinajstić information content (AvgIpc) is 3.20. The zero-order chi connectivity index (χ0) is 14.8. The number of carbonyl (C=O) groups is 1. The first-order valence-corrected chi connectivity index (χ1v) is 7.79. The number of nitrogens with one attached hydrogen (secondary N) is 2. The van der Waals surface area contributed by atoms with Gasteiger partial charge in [0.2, 0.25) is 0 Å². The third-order valence-electron chi connectivity index (χ3n) is 4.31. The number of anilines is 1. The van der Waals surface area contributed by atoms with Gasteiger partial charge in [-0.2, -0.15) is 0 Å². The minimum atomic E-state index is -0.119. The Bertz CT molecular complexity index is 496. The summed E-state index contributed by atoms with van der Waals surface area (Å²) in [5.74, 6) is 0. The Kier molecular flexibility index (Phi) is 4.12. The molecule has 0 radical (unpaired) electrons. The molecule has 1 aliphatic heterocycles. The maximum absolute atomic E-state index is 12.0. The van der Waals surface area contributed by atoms with Crippen LogP contribution in [-0.4, -0.2) is 36.1 Å². The number of likely N-dealkylation sites (tertiary alicyclic amines) is 1. The Labute approximate surface area is 125 Å². The quantitative estimate of drug-likeness (QED) is 0.794. The third-order valence-corrected chi connectivity index (χ3v) is 4.31. The molecule has 5 nitrogen and oxygen atoms in total. The number of hydrogen-bond acceptors (Lipinski definition) is 3. The molecule has 114 valence electrons. The van der Waals surface area contributed by atoms with E-state index in [0.717, 1.165) is 36.8 Å². The van der Waals surface area contributed by atoms with Crippen molar-refractivity contribution in [2.45, 2.75) is 44.3 Å². The van der Waals surface area contributed by atoms with E-state index in [1.54, 1.807) is 0 Å². The van der Waals surface area contributed by atoms with E-state index in [0.29, 0.717) is 0 Å². The summed E-state index contributed by atoms with van der Waals surface area (Å²) in [6.07, 6.45) is 3.70. The summed E-state index contributed by atoms with van der Waals surface area (Å²) in [4.78, 5) is 14.5. The maximum atomic E-state index is 12.0. The van der Waals surface area contributed by atoms with Crippen molar-refractivity contribution < 1.29 is 4.79 Å². The van der Waals surface area contributed by atoms with Crippen LogP contribution in [0.1, 0.15) is 37.8 Å². The van der Waals surface area contributed by atoms with Crippen molar-refractivity contribution in [3.63, 3.8) is 0 Å². The number of amides is 2. The van der Waals surface area contributed by atoms with Crippen molar-refractivity contribution in [3.05, 3.63) is 29.8 Å². The van der Waals surface area contributed by atoms with Gasteiger partial charge in [0, 0.05) is 36.9 Å². The van der Waals surface area contributed by atoms with Crippen LogP contribution in [0.15, 0.2) is 24.3 Å². The number of hydrogen-bond donors (Lipinski definition) is 3. The maximum Gasteiger partial charge on any atom is 0.319 e. The second-order valence-electron chi connectivity index (χ2n) is 6.22. The smallest absolute Gasteiger partial charge is 0.319 e. The predicted molar refractivity (Wildman–Crippen MR) is 84.2 cm³/mol. The van der Waals surface area contributed by atoms with E-state index in [-0.39, 0.29) is 18.1 Å². The van der Waals surface area contributed by atoms with Crippen LogP contribution in [0, 0.1) is 0 Å². The van der Waals surface area contributed by atoms with Crippen LogP contribution in [-0.2, 0) is 0 Å². The largest absolute Gasteiger partial charge is 0.334 e. The van der Waals surface area contributed by atoms with Gasteiger partial charge in [-0.15, -0.1) is 0 Å². The monoisotopic (exact) mass is 288 g/mol. The lowest BCUT2D eigenvalue weighted by atomic mass is 10.1. The Morgan fingerprint density at radius 2 is 2.00 bits per heavy atom. The first kappa shape index (κ1) is 14.4. The fraction of sp³-hybridized carbons (Fsp3) is 0.562. The zero-order valence-electron chi connectivity index (χ0n) is 12.5. The molecule has 1 saturated heterocycles. The Morgan fingerprint density at radius 1 is 1.29 bits per heavy atom. The van der Waals surface area contributed by atoms with Crippen LogP contribution in [0.5, 0.6) is 0 Å². The van der Waals surface area contributed by atoms with Crippen molar-refractivity contribution in [2.75, 3.05) is 18.4 Å². The van der Waals surface area contributed by atoms with Crippen molar-refractivity contribution in [2.24, 2.45) is 5.73 Å². The lowest BCUT2D eigenvalue weighted by Crippen LogP contribution is -2.40. The minimum Gasteiger partial charge on any atom is -0.334 e. The number of urea groups is 1. The molecule has 0 spiro atoms. The normalized spacial score (nSPS) is 23.8. The van der Waals surface area contributed by atoms with Crippen molar-refractivity contribution in [1.29, 1.82) is 0 Å². The van der Waals surface area contributed by atoms with Gasteiger partial charge in [-0.05, 0) is 43.9 Å². The van der Waals surface area contributed by atoms with Gasteiger partial charge in [0.15, 0.2) is 0 Å². The van der Waals surface area contributed by atoms with Gasteiger partial charge in [0.05, 0.1) is 0 Å². The van der Waals surface area contributed by atoms with Gasteiger partial charge in [-0.3, -0.25) is 4.90 Å². The summed E-state index contributed by atoms with van der Waals surface area (Å²) < 4.78 is 0. The van der Waals surface area contributed by atoms with Crippen LogP contribution in [0.25, 0.3) is 0 Å². The van der Waals surface area contributed by atoms with Crippen LogP contribution in [0.2, 0.25) is 0 Å². The van der Waals surface area contributed by atoms with Crippen LogP contribution < -0.4 is 16.4 Å². The molecule has 21 heavy (non-hydrogen) atoms. The number of carbonyl (C=O) groups excluding carboxylic acids is 1. The van der Waals surface area contributed by atoms with Gasteiger partial charge >= 0.3 is 6.03 Å². The zero-order valence-corrected chi connectivity index (χ0v) is 12.5. The van der Waals surface area contributed by atoms with Crippen molar-refractivity contribution in [3.8, 4) is 0 Å². The average molecular weight is 288 g/mol. The lowest BCUT2D eigenvalue weighted by Gasteiger charge is -2.16. The highest BCUT2D eigenvalue weighted by molar-refractivity contribution is 5.89. The highest BCUT2D eigenvalue weighted by Crippen LogP contribution is 2.29. The number of benzene rings is 1. The molecule has 2 fully saturated rings. The third kappa shape index (κ3) is 3.74. The molecule has 4 N–H and O–H groups in total. The summed E-state index contributed by atoms with van der Waals surface area (Å²) in [5.41, 5.74) is 7.68. The second-order valence-corrected chi connectivity index (χ2v) is 6.22. The molecule has 2 unspecified atom stereocenters. The Balaban J connectivity index is 1.47. The number of rotatable bonds is 4. The summed E-state index contributed by atoms with van der Waals surface area (Å²) >= 11 is 0. The van der Waals surface area contributed by atoms with Gasteiger partial charge in [0.1, 0.15) is 0 Å². The van der Waals surface area contributed by atoms with E-state index in [4.69, 9.17) is 5.73 Å². The molecule has 0 aromatic heterocycles. The van der Waals surface area contributed by atoms with Gasteiger partial charge in [-0.25, -0.2) is 4.79 Å². The lowest BCUT2D eigenvalue weighted by molar-refractivity contribution is 0.247. The minimum absolute atomic E-state index is 0.0137. The highest BCUT2D eigenvalue weighted by Gasteiger charge is 2.34. The number of nitrogens with zero attached hydrogens (tertiary/aromatic N) is 1. The molecule has 1 saturated carbocycles. The van der Waals surface area contributed by atoms with Gasteiger partial charge in [0.25, 0.3) is 0 Å². The Hall–Kier alpha value is -1.59. The number of nitrogens with two attached hydrogens (primary N) is 1. The molecule has 2 amide bonds. The van der Waals surface area contributed by atoms with Crippen LogP contribution in [0.3, 0.4) is 0 Å². The molecule has 0 bridgehead atoms. The van der Waals surface area contributed by atoms with Gasteiger partial charge < -0.3 is 16.4 Å². The Morgan fingerprint density at radius 3 is 2.62 bits per heavy atom. The first-order chi connectivity index (χ1) is 10.1. The molecular formula is C16H24N4O. The van der Waals surface area contributed by atoms with Crippen LogP contribution >= 0.6 is 0 Å².